The van der Waals surface area contributed by atoms with E-state index in [-0.39, 0.29) is 11.9 Å². The van der Waals surface area contributed by atoms with Crippen LogP contribution in [-0.4, -0.2) is 34.4 Å². The standard InChI is InChI=1S/C15H17N3O3/c1-10(2)14-13(9-19)16-17-18(14)8-11-4-6-12(7-5-11)15(20)21-3/h4-7,9-10H,8H2,1-3H3. The summed E-state index contributed by atoms with van der Waals surface area (Å²) in [6.07, 6.45) is 0.721. The third-order valence-electron chi connectivity index (χ3n) is 3.17. The Hall–Kier alpha value is -2.50. The van der Waals surface area contributed by atoms with Crippen LogP contribution in [0.5, 0.6) is 0 Å². The molecule has 1 aromatic carbocycles. The Morgan fingerprint density at radius 3 is 2.52 bits per heavy atom. The molecule has 0 saturated carbocycles. The lowest BCUT2D eigenvalue weighted by Crippen LogP contribution is -2.09. The van der Waals surface area contributed by atoms with Crippen LogP contribution in [0.25, 0.3) is 0 Å². The minimum absolute atomic E-state index is 0.148. The Balaban J connectivity index is 2.24. The summed E-state index contributed by atoms with van der Waals surface area (Å²) in [6.45, 7) is 4.47. The molecule has 21 heavy (non-hydrogen) atoms. The highest BCUT2D eigenvalue weighted by molar-refractivity contribution is 5.89. The molecule has 0 saturated heterocycles. The van der Waals surface area contributed by atoms with Crippen molar-refractivity contribution in [2.24, 2.45) is 0 Å². The molecular weight excluding hydrogens is 270 g/mol. The van der Waals surface area contributed by atoms with E-state index in [0.717, 1.165) is 17.5 Å². The fourth-order valence-electron chi connectivity index (χ4n) is 2.17. The first-order valence-electron chi connectivity index (χ1n) is 6.62. The maximum atomic E-state index is 11.4. The van der Waals surface area contributed by atoms with Crippen molar-refractivity contribution in [1.29, 1.82) is 0 Å². The largest absolute Gasteiger partial charge is 0.465 e. The lowest BCUT2D eigenvalue weighted by molar-refractivity contribution is 0.0600. The van der Waals surface area contributed by atoms with Crippen molar-refractivity contribution in [2.75, 3.05) is 7.11 Å². The van der Waals surface area contributed by atoms with Crippen LogP contribution in [0, 0.1) is 0 Å². The van der Waals surface area contributed by atoms with Gasteiger partial charge < -0.3 is 4.74 Å². The predicted octanol–water partition coefficient (Wildman–Crippen LogP) is 2.05. The van der Waals surface area contributed by atoms with Crippen LogP contribution in [0.3, 0.4) is 0 Å². The van der Waals surface area contributed by atoms with Gasteiger partial charge in [-0.25, -0.2) is 9.48 Å². The van der Waals surface area contributed by atoms with Crippen LogP contribution in [0.1, 0.15) is 51.9 Å². The molecule has 0 bridgehead atoms. The van der Waals surface area contributed by atoms with Gasteiger partial charge in [-0.1, -0.05) is 31.2 Å². The Bertz CT molecular complexity index is 645. The number of rotatable bonds is 5. The normalized spacial score (nSPS) is 10.7. The highest BCUT2D eigenvalue weighted by atomic mass is 16.5. The SMILES string of the molecule is COC(=O)c1ccc(Cn2nnc(C=O)c2C(C)C)cc1. The number of esters is 1. The molecule has 1 heterocycles. The van der Waals surface area contributed by atoms with Gasteiger partial charge in [0.15, 0.2) is 6.29 Å². The van der Waals surface area contributed by atoms with Crippen LogP contribution < -0.4 is 0 Å². The van der Waals surface area contributed by atoms with E-state index in [2.05, 4.69) is 15.0 Å². The van der Waals surface area contributed by atoms with Gasteiger partial charge in [0.25, 0.3) is 0 Å². The fourth-order valence-corrected chi connectivity index (χ4v) is 2.17. The van der Waals surface area contributed by atoms with E-state index in [9.17, 15) is 9.59 Å². The van der Waals surface area contributed by atoms with Crippen molar-refractivity contribution < 1.29 is 14.3 Å². The summed E-state index contributed by atoms with van der Waals surface area (Å²) in [4.78, 5) is 22.4. The fraction of sp³-hybridized carbons (Fsp3) is 0.333. The monoisotopic (exact) mass is 287 g/mol. The molecule has 6 heteroatoms. The molecule has 1 aromatic heterocycles. The lowest BCUT2D eigenvalue weighted by Gasteiger charge is -2.10. The van der Waals surface area contributed by atoms with Crippen molar-refractivity contribution in [3.63, 3.8) is 0 Å². The molecule has 2 aromatic rings. The zero-order chi connectivity index (χ0) is 15.4. The van der Waals surface area contributed by atoms with Crippen molar-refractivity contribution in [1.82, 2.24) is 15.0 Å². The summed E-state index contributed by atoms with van der Waals surface area (Å²) in [5.41, 5.74) is 2.64. The average molecular weight is 287 g/mol. The molecule has 0 spiro atoms. The summed E-state index contributed by atoms with van der Waals surface area (Å²) in [5, 5.41) is 7.90. The second-order valence-electron chi connectivity index (χ2n) is 4.98. The maximum Gasteiger partial charge on any atom is 0.337 e. The molecule has 6 nitrogen and oxygen atoms in total. The van der Waals surface area contributed by atoms with E-state index < -0.39 is 0 Å². The smallest absolute Gasteiger partial charge is 0.337 e. The van der Waals surface area contributed by atoms with E-state index in [1.807, 2.05) is 26.0 Å². The molecular formula is C15H17N3O3. The van der Waals surface area contributed by atoms with Crippen molar-refractivity contribution in [3.05, 3.63) is 46.8 Å². The number of methoxy groups -OCH3 is 1. The molecule has 0 amide bonds. The first kappa shape index (κ1) is 14.9. The average Bonchev–Trinajstić information content (AvgIpc) is 2.90. The van der Waals surface area contributed by atoms with E-state index in [0.29, 0.717) is 17.8 Å². The third-order valence-corrected chi connectivity index (χ3v) is 3.17. The summed E-state index contributed by atoms with van der Waals surface area (Å²) >= 11 is 0. The van der Waals surface area contributed by atoms with Gasteiger partial charge >= 0.3 is 5.97 Å². The minimum atomic E-state index is -0.367. The van der Waals surface area contributed by atoms with E-state index in [4.69, 9.17) is 0 Å². The molecule has 2 rings (SSSR count). The lowest BCUT2D eigenvalue weighted by atomic mass is 10.1. The molecule has 0 radical (unpaired) electrons. The van der Waals surface area contributed by atoms with Crippen LogP contribution in [0.2, 0.25) is 0 Å². The summed E-state index contributed by atoms with van der Waals surface area (Å²) in [5.74, 6) is -0.219. The third kappa shape index (κ3) is 3.16. The number of carbonyl (C=O) groups is 2. The number of aromatic nitrogens is 3. The quantitative estimate of drug-likeness (QED) is 0.621. The Labute approximate surface area is 122 Å². The number of hydrogen-bond donors (Lipinski definition) is 0. The van der Waals surface area contributed by atoms with Gasteiger partial charge in [-0.2, -0.15) is 0 Å². The predicted molar refractivity (Wildman–Crippen MR) is 76.4 cm³/mol. The van der Waals surface area contributed by atoms with Gasteiger partial charge in [0.2, 0.25) is 0 Å². The second-order valence-corrected chi connectivity index (χ2v) is 4.98. The van der Waals surface area contributed by atoms with Gasteiger partial charge in [0.1, 0.15) is 5.69 Å². The van der Waals surface area contributed by atoms with Crippen LogP contribution >= 0.6 is 0 Å². The van der Waals surface area contributed by atoms with Crippen molar-refractivity contribution >= 4 is 12.3 Å². The number of ether oxygens (including phenoxy) is 1. The minimum Gasteiger partial charge on any atom is -0.465 e. The molecule has 0 aliphatic rings. The van der Waals surface area contributed by atoms with Gasteiger partial charge in [-0.05, 0) is 23.6 Å². The van der Waals surface area contributed by atoms with Crippen LogP contribution in [0.4, 0.5) is 0 Å². The van der Waals surface area contributed by atoms with Crippen LogP contribution in [0.15, 0.2) is 24.3 Å². The Morgan fingerprint density at radius 2 is 2.00 bits per heavy atom. The maximum absolute atomic E-state index is 11.4. The number of hydrogen-bond acceptors (Lipinski definition) is 5. The highest BCUT2D eigenvalue weighted by Crippen LogP contribution is 2.17. The number of carbonyl (C=O) groups excluding carboxylic acids is 2. The first-order chi connectivity index (χ1) is 10.1. The van der Waals surface area contributed by atoms with Gasteiger partial charge in [0.05, 0.1) is 24.9 Å². The Morgan fingerprint density at radius 1 is 1.33 bits per heavy atom. The van der Waals surface area contributed by atoms with E-state index >= 15 is 0 Å². The topological polar surface area (TPSA) is 74.1 Å². The van der Waals surface area contributed by atoms with Crippen molar-refractivity contribution in [2.45, 2.75) is 26.3 Å². The molecule has 110 valence electrons. The van der Waals surface area contributed by atoms with E-state index in [1.165, 1.54) is 7.11 Å². The summed E-state index contributed by atoms with van der Waals surface area (Å²) in [7, 11) is 1.35. The summed E-state index contributed by atoms with van der Waals surface area (Å²) < 4.78 is 6.37. The van der Waals surface area contributed by atoms with Gasteiger partial charge in [-0.3, -0.25) is 4.79 Å². The van der Waals surface area contributed by atoms with Gasteiger partial charge in [-0.15, -0.1) is 5.10 Å². The zero-order valence-corrected chi connectivity index (χ0v) is 12.2. The van der Waals surface area contributed by atoms with Crippen LogP contribution in [-0.2, 0) is 11.3 Å². The molecule has 0 fully saturated rings. The molecule has 0 atom stereocenters. The Kier molecular flexibility index (Phi) is 4.47. The number of nitrogens with zero attached hydrogens (tertiary/aromatic N) is 3. The number of benzene rings is 1. The highest BCUT2D eigenvalue weighted by Gasteiger charge is 2.15. The molecule has 0 aliphatic carbocycles. The van der Waals surface area contributed by atoms with Crippen molar-refractivity contribution in [3.8, 4) is 0 Å². The summed E-state index contributed by atoms with van der Waals surface area (Å²) in [6, 6.07) is 7.07. The van der Waals surface area contributed by atoms with E-state index in [1.54, 1.807) is 16.8 Å². The molecule has 0 aliphatic heterocycles. The molecule has 0 unspecified atom stereocenters. The first-order valence-corrected chi connectivity index (χ1v) is 6.62. The molecule has 0 N–H and O–H groups in total. The second kappa shape index (κ2) is 6.30. The zero-order valence-electron chi connectivity index (χ0n) is 12.2. The van der Waals surface area contributed by atoms with Gasteiger partial charge in [0, 0.05) is 0 Å². The number of aldehydes is 1.